The summed E-state index contributed by atoms with van der Waals surface area (Å²) in [6, 6.07) is 5.46. The van der Waals surface area contributed by atoms with Crippen molar-refractivity contribution in [3.8, 4) is 0 Å². The van der Waals surface area contributed by atoms with Crippen molar-refractivity contribution in [2.45, 2.75) is 6.92 Å². The van der Waals surface area contributed by atoms with Crippen molar-refractivity contribution in [2.75, 3.05) is 11.4 Å². The molecule has 0 aliphatic carbocycles. The Labute approximate surface area is 77.7 Å². The fourth-order valence-corrected chi connectivity index (χ4v) is 1.03. The van der Waals surface area contributed by atoms with E-state index in [0.717, 1.165) is 0 Å². The zero-order valence-electron chi connectivity index (χ0n) is 7.60. The van der Waals surface area contributed by atoms with Crippen molar-refractivity contribution in [3.05, 3.63) is 37.1 Å². The van der Waals surface area contributed by atoms with Gasteiger partial charge in [0.15, 0.2) is 0 Å². The van der Waals surface area contributed by atoms with E-state index in [-0.39, 0.29) is 5.91 Å². The number of pyridine rings is 1. The molecule has 1 aromatic heterocycles. The molecule has 0 aromatic carbocycles. The predicted molar refractivity (Wildman–Crippen MR) is 52.5 cm³/mol. The van der Waals surface area contributed by atoms with E-state index in [4.69, 9.17) is 0 Å². The Morgan fingerprint density at radius 1 is 1.69 bits per heavy atom. The van der Waals surface area contributed by atoms with Crippen LogP contribution in [0.15, 0.2) is 37.1 Å². The Kier molecular flexibility index (Phi) is 3.20. The number of carbonyl (C=O) groups is 1. The third-order valence-corrected chi connectivity index (χ3v) is 1.62. The van der Waals surface area contributed by atoms with Crippen LogP contribution in [0.1, 0.15) is 6.92 Å². The van der Waals surface area contributed by atoms with Crippen LogP contribution in [-0.2, 0) is 4.79 Å². The highest BCUT2D eigenvalue weighted by Gasteiger charge is 2.09. The second-order valence-corrected chi connectivity index (χ2v) is 2.61. The van der Waals surface area contributed by atoms with Gasteiger partial charge in [0.05, 0.1) is 0 Å². The molecule has 1 amide bonds. The fraction of sp³-hybridized carbons (Fsp3) is 0.200. The van der Waals surface area contributed by atoms with Gasteiger partial charge in [0, 0.05) is 19.7 Å². The molecule has 0 saturated carbocycles. The maximum absolute atomic E-state index is 11.2. The number of nitrogens with zero attached hydrogens (tertiary/aromatic N) is 2. The summed E-state index contributed by atoms with van der Waals surface area (Å²) in [5, 5.41) is 0. The Hall–Kier alpha value is -1.64. The lowest BCUT2D eigenvalue weighted by atomic mass is 10.4. The SMILES string of the molecule is C=CCN(C(C)=O)c1ccccn1. The molecule has 0 aliphatic rings. The van der Waals surface area contributed by atoms with E-state index in [1.807, 2.05) is 12.1 Å². The minimum atomic E-state index is -0.0291. The molecule has 0 saturated heterocycles. The summed E-state index contributed by atoms with van der Waals surface area (Å²) in [7, 11) is 0. The molecule has 0 unspecified atom stereocenters. The highest BCUT2D eigenvalue weighted by molar-refractivity contribution is 5.90. The van der Waals surface area contributed by atoms with Crippen molar-refractivity contribution in [1.29, 1.82) is 0 Å². The zero-order valence-corrected chi connectivity index (χ0v) is 7.60. The molecule has 1 heterocycles. The van der Waals surface area contributed by atoms with E-state index >= 15 is 0 Å². The molecule has 68 valence electrons. The molecule has 0 N–H and O–H groups in total. The normalized spacial score (nSPS) is 9.31. The first-order chi connectivity index (χ1) is 6.25. The minimum Gasteiger partial charge on any atom is -0.293 e. The third-order valence-electron chi connectivity index (χ3n) is 1.62. The summed E-state index contributed by atoms with van der Waals surface area (Å²) >= 11 is 0. The topological polar surface area (TPSA) is 33.2 Å². The lowest BCUT2D eigenvalue weighted by molar-refractivity contribution is -0.116. The van der Waals surface area contributed by atoms with Gasteiger partial charge in [-0.25, -0.2) is 4.98 Å². The van der Waals surface area contributed by atoms with Gasteiger partial charge in [0.2, 0.25) is 5.91 Å². The van der Waals surface area contributed by atoms with Gasteiger partial charge in [-0.1, -0.05) is 12.1 Å². The second-order valence-electron chi connectivity index (χ2n) is 2.61. The summed E-state index contributed by atoms with van der Waals surface area (Å²) in [4.78, 5) is 16.8. The molecule has 0 radical (unpaired) electrons. The average Bonchev–Trinajstić information content (AvgIpc) is 2.15. The summed E-state index contributed by atoms with van der Waals surface area (Å²) in [5.74, 6) is 0.633. The number of amides is 1. The van der Waals surface area contributed by atoms with E-state index in [9.17, 15) is 4.79 Å². The number of anilines is 1. The third kappa shape index (κ3) is 2.40. The number of hydrogen-bond acceptors (Lipinski definition) is 2. The second kappa shape index (κ2) is 4.40. The number of aromatic nitrogens is 1. The quantitative estimate of drug-likeness (QED) is 0.656. The van der Waals surface area contributed by atoms with Crippen LogP contribution in [-0.4, -0.2) is 17.4 Å². The van der Waals surface area contributed by atoms with Gasteiger partial charge in [0.1, 0.15) is 5.82 Å². The van der Waals surface area contributed by atoms with E-state index in [2.05, 4.69) is 11.6 Å². The van der Waals surface area contributed by atoms with Crippen LogP contribution >= 0.6 is 0 Å². The first-order valence-electron chi connectivity index (χ1n) is 4.05. The zero-order chi connectivity index (χ0) is 9.68. The highest BCUT2D eigenvalue weighted by atomic mass is 16.2. The first-order valence-corrected chi connectivity index (χ1v) is 4.05. The Bertz CT molecular complexity index is 295. The summed E-state index contributed by atoms with van der Waals surface area (Å²) in [5.41, 5.74) is 0. The Morgan fingerprint density at radius 2 is 2.46 bits per heavy atom. The van der Waals surface area contributed by atoms with Crippen molar-refractivity contribution in [2.24, 2.45) is 0 Å². The number of rotatable bonds is 3. The van der Waals surface area contributed by atoms with Gasteiger partial charge in [0.25, 0.3) is 0 Å². The maximum Gasteiger partial charge on any atom is 0.225 e. The van der Waals surface area contributed by atoms with Crippen molar-refractivity contribution < 1.29 is 4.79 Å². The monoisotopic (exact) mass is 176 g/mol. The van der Waals surface area contributed by atoms with Crippen molar-refractivity contribution in [3.63, 3.8) is 0 Å². The van der Waals surface area contributed by atoms with Crippen molar-refractivity contribution in [1.82, 2.24) is 4.98 Å². The molecule has 3 heteroatoms. The van der Waals surface area contributed by atoms with Gasteiger partial charge >= 0.3 is 0 Å². The molecule has 1 aromatic rings. The van der Waals surface area contributed by atoms with E-state index < -0.39 is 0 Å². The lowest BCUT2D eigenvalue weighted by Gasteiger charge is -2.17. The van der Waals surface area contributed by atoms with Crippen LogP contribution in [0.2, 0.25) is 0 Å². The van der Waals surface area contributed by atoms with E-state index in [1.54, 1.807) is 23.2 Å². The Balaban J connectivity index is 2.88. The molecular formula is C10H12N2O. The first kappa shape index (κ1) is 9.45. The van der Waals surface area contributed by atoms with Crippen LogP contribution in [0.4, 0.5) is 5.82 Å². The van der Waals surface area contributed by atoms with Gasteiger partial charge in [-0.3, -0.25) is 9.69 Å². The standard InChI is InChI=1S/C10H12N2O/c1-3-8-12(9(2)13)10-6-4-5-7-11-10/h3-7H,1,8H2,2H3. The molecule has 0 atom stereocenters. The predicted octanol–water partition coefficient (Wildman–Crippen LogP) is 1.62. The van der Waals surface area contributed by atoms with Crippen LogP contribution in [0.3, 0.4) is 0 Å². The largest absolute Gasteiger partial charge is 0.293 e. The van der Waals surface area contributed by atoms with Crippen LogP contribution in [0.5, 0.6) is 0 Å². The minimum absolute atomic E-state index is 0.0291. The van der Waals surface area contributed by atoms with Gasteiger partial charge < -0.3 is 0 Å². The average molecular weight is 176 g/mol. The highest BCUT2D eigenvalue weighted by Crippen LogP contribution is 2.08. The number of hydrogen-bond donors (Lipinski definition) is 0. The summed E-state index contributed by atoms with van der Waals surface area (Å²) in [6.45, 7) is 5.59. The molecule has 1 rings (SSSR count). The molecular weight excluding hydrogens is 164 g/mol. The maximum atomic E-state index is 11.2. The van der Waals surface area contributed by atoms with Gasteiger partial charge in [-0.15, -0.1) is 6.58 Å². The summed E-state index contributed by atoms with van der Waals surface area (Å²) < 4.78 is 0. The number of carbonyl (C=O) groups excluding carboxylic acids is 1. The molecule has 13 heavy (non-hydrogen) atoms. The molecule has 0 aliphatic heterocycles. The Morgan fingerprint density at radius 3 is 2.92 bits per heavy atom. The molecule has 3 nitrogen and oxygen atoms in total. The van der Waals surface area contributed by atoms with Gasteiger partial charge in [-0.2, -0.15) is 0 Å². The smallest absolute Gasteiger partial charge is 0.225 e. The van der Waals surface area contributed by atoms with Crippen LogP contribution in [0, 0.1) is 0 Å². The molecule has 0 spiro atoms. The van der Waals surface area contributed by atoms with Crippen molar-refractivity contribution >= 4 is 11.7 Å². The lowest BCUT2D eigenvalue weighted by Crippen LogP contribution is -2.29. The molecule has 0 bridgehead atoms. The van der Waals surface area contributed by atoms with Gasteiger partial charge in [-0.05, 0) is 12.1 Å². The summed E-state index contributed by atoms with van der Waals surface area (Å²) in [6.07, 6.45) is 3.34. The molecule has 0 fully saturated rings. The van der Waals surface area contributed by atoms with E-state index in [1.165, 1.54) is 6.92 Å². The van der Waals surface area contributed by atoms with Crippen LogP contribution in [0.25, 0.3) is 0 Å². The van der Waals surface area contributed by atoms with Crippen LogP contribution < -0.4 is 4.90 Å². The fourth-order valence-electron chi connectivity index (χ4n) is 1.03. The van der Waals surface area contributed by atoms with E-state index in [0.29, 0.717) is 12.4 Å².